The second-order valence-electron chi connectivity index (χ2n) is 4.59. The van der Waals surface area contributed by atoms with Crippen LogP contribution in [0.15, 0.2) is 6.20 Å². The van der Waals surface area contributed by atoms with Crippen LogP contribution < -0.4 is 10.1 Å². The molecule has 1 heterocycles. The fraction of sp³-hybridized carbons (Fsp3) is 0.769. The molecule has 1 unspecified atom stereocenters. The molecule has 7 heteroatoms. The normalized spacial score (nSPS) is 13.5. The Hall–Kier alpha value is -1.24. The van der Waals surface area contributed by atoms with Crippen molar-refractivity contribution in [2.24, 2.45) is 0 Å². The molecule has 1 atom stereocenters. The lowest BCUT2D eigenvalue weighted by molar-refractivity contribution is -0.136. The fourth-order valence-electron chi connectivity index (χ4n) is 2.17. The Morgan fingerprint density at radius 3 is 2.60 bits per heavy atom. The van der Waals surface area contributed by atoms with Gasteiger partial charge in [0.15, 0.2) is 5.75 Å². The lowest BCUT2D eigenvalue weighted by Crippen LogP contribution is -2.26. The van der Waals surface area contributed by atoms with Gasteiger partial charge in [-0.2, -0.15) is 18.3 Å². The van der Waals surface area contributed by atoms with E-state index in [2.05, 4.69) is 10.4 Å². The van der Waals surface area contributed by atoms with E-state index in [1.54, 1.807) is 10.9 Å². The summed E-state index contributed by atoms with van der Waals surface area (Å²) < 4.78 is 44.3. The van der Waals surface area contributed by atoms with Gasteiger partial charge < -0.3 is 10.1 Å². The van der Waals surface area contributed by atoms with Crippen LogP contribution in [0.1, 0.15) is 44.8 Å². The predicted molar refractivity (Wildman–Crippen MR) is 70.8 cm³/mol. The number of aromatic nitrogens is 2. The Morgan fingerprint density at radius 2 is 2.10 bits per heavy atom. The van der Waals surface area contributed by atoms with Crippen molar-refractivity contribution in [1.29, 1.82) is 0 Å². The van der Waals surface area contributed by atoms with E-state index in [-0.39, 0.29) is 6.42 Å². The van der Waals surface area contributed by atoms with Gasteiger partial charge in [0.2, 0.25) is 0 Å². The zero-order valence-corrected chi connectivity index (χ0v) is 12.1. The number of hydrogen-bond acceptors (Lipinski definition) is 3. The first-order valence-electron chi connectivity index (χ1n) is 6.82. The molecular weight excluding hydrogens is 271 g/mol. The monoisotopic (exact) mass is 293 g/mol. The summed E-state index contributed by atoms with van der Waals surface area (Å²) in [6, 6.07) is -0.411. The number of nitrogens with zero attached hydrogens (tertiary/aromatic N) is 2. The minimum atomic E-state index is -4.16. The largest absolute Gasteiger partial charge is 0.493 e. The van der Waals surface area contributed by atoms with Crippen molar-refractivity contribution >= 4 is 0 Å². The van der Waals surface area contributed by atoms with Gasteiger partial charge in [-0.3, -0.25) is 4.68 Å². The second-order valence-corrected chi connectivity index (χ2v) is 4.59. The minimum absolute atomic E-state index is 0.0247. The molecule has 1 rings (SSSR count). The molecular formula is C13H22F3N3O. The molecule has 4 nitrogen and oxygen atoms in total. The summed E-state index contributed by atoms with van der Waals surface area (Å²) in [7, 11) is 1.50. The average Bonchev–Trinajstić information content (AvgIpc) is 2.77. The van der Waals surface area contributed by atoms with E-state index in [1.165, 1.54) is 7.11 Å². The molecule has 116 valence electrons. The maximum Gasteiger partial charge on any atom is 0.389 e. The van der Waals surface area contributed by atoms with Gasteiger partial charge in [-0.1, -0.05) is 13.8 Å². The first kappa shape index (κ1) is 16.8. The molecule has 1 aromatic heterocycles. The van der Waals surface area contributed by atoms with Gasteiger partial charge in [-0.25, -0.2) is 0 Å². The molecule has 0 amide bonds. The molecule has 0 radical (unpaired) electrons. The predicted octanol–water partition coefficient (Wildman–Crippen LogP) is 3.29. The molecule has 1 N–H and O–H groups in total. The number of methoxy groups -OCH3 is 1. The first-order valence-corrected chi connectivity index (χ1v) is 6.82. The van der Waals surface area contributed by atoms with Crippen LogP contribution in [0.4, 0.5) is 13.2 Å². The maximum absolute atomic E-state index is 12.4. The van der Waals surface area contributed by atoms with E-state index in [1.807, 2.05) is 13.8 Å². The maximum atomic E-state index is 12.4. The number of halogens is 3. The highest BCUT2D eigenvalue weighted by Gasteiger charge is 2.30. The number of rotatable bonds is 8. The van der Waals surface area contributed by atoms with Gasteiger partial charge >= 0.3 is 6.18 Å². The highest BCUT2D eigenvalue weighted by molar-refractivity contribution is 5.28. The number of ether oxygens (including phenoxy) is 1. The van der Waals surface area contributed by atoms with Crippen molar-refractivity contribution in [2.45, 2.75) is 51.9 Å². The van der Waals surface area contributed by atoms with Gasteiger partial charge in [0.05, 0.1) is 25.0 Å². The van der Waals surface area contributed by atoms with E-state index in [0.717, 1.165) is 6.42 Å². The van der Waals surface area contributed by atoms with E-state index in [4.69, 9.17) is 4.74 Å². The molecule has 0 spiro atoms. The topological polar surface area (TPSA) is 39.1 Å². The summed E-state index contributed by atoms with van der Waals surface area (Å²) in [5.41, 5.74) is 0.695. The molecule has 0 fully saturated rings. The third kappa shape index (κ3) is 4.70. The summed E-state index contributed by atoms with van der Waals surface area (Å²) >= 11 is 0. The van der Waals surface area contributed by atoms with Gasteiger partial charge in [0, 0.05) is 13.0 Å². The Morgan fingerprint density at radius 1 is 1.40 bits per heavy atom. The van der Waals surface area contributed by atoms with E-state index >= 15 is 0 Å². The molecule has 1 aromatic rings. The van der Waals surface area contributed by atoms with Crippen LogP contribution in [-0.2, 0) is 6.54 Å². The van der Waals surface area contributed by atoms with Crippen LogP contribution in [0.5, 0.6) is 5.75 Å². The van der Waals surface area contributed by atoms with Crippen molar-refractivity contribution in [3.05, 3.63) is 11.9 Å². The average molecular weight is 293 g/mol. The highest BCUT2D eigenvalue weighted by atomic mass is 19.4. The highest BCUT2D eigenvalue weighted by Crippen LogP contribution is 2.32. The molecule has 0 bridgehead atoms. The second kappa shape index (κ2) is 7.52. The lowest BCUT2D eigenvalue weighted by Gasteiger charge is -2.21. The number of alkyl halides is 3. The number of aryl methyl sites for hydroxylation is 1. The Kier molecular flexibility index (Phi) is 6.32. The van der Waals surface area contributed by atoms with Crippen LogP contribution in [0.25, 0.3) is 0 Å². The van der Waals surface area contributed by atoms with E-state index in [0.29, 0.717) is 24.5 Å². The third-order valence-electron chi connectivity index (χ3n) is 3.00. The molecule has 0 saturated carbocycles. The zero-order valence-electron chi connectivity index (χ0n) is 12.1. The van der Waals surface area contributed by atoms with Crippen molar-refractivity contribution in [3.8, 4) is 5.75 Å². The van der Waals surface area contributed by atoms with Crippen LogP contribution in [0.3, 0.4) is 0 Å². The third-order valence-corrected chi connectivity index (χ3v) is 3.00. The zero-order chi connectivity index (χ0) is 15.2. The van der Waals surface area contributed by atoms with Crippen molar-refractivity contribution in [1.82, 2.24) is 15.1 Å². The van der Waals surface area contributed by atoms with Crippen molar-refractivity contribution in [3.63, 3.8) is 0 Å². The van der Waals surface area contributed by atoms with E-state index in [9.17, 15) is 13.2 Å². The van der Waals surface area contributed by atoms with Crippen LogP contribution in [-0.4, -0.2) is 29.6 Å². The first-order chi connectivity index (χ1) is 9.42. The minimum Gasteiger partial charge on any atom is -0.493 e. The van der Waals surface area contributed by atoms with Gasteiger partial charge in [-0.05, 0) is 19.4 Å². The van der Waals surface area contributed by atoms with E-state index < -0.39 is 18.6 Å². The lowest BCUT2D eigenvalue weighted by atomic mass is 10.1. The van der Waals surface area contributed by atoms with Crippen LogP contribution in [0, 0.1) is 0 Å². The summed E-state index contributed by atoms with van der Waals surface area (Å²) in [5.74, 6) is 0.534. The Labute approximate surface area is 117 Å². The number of hydrogen-bond donors (Lipinski definition) is 1. The fourth-order valence-corrected chi connectivity index (χ4v) is 2.17. The standard InChI is InChI=1S/C13H22F3N3O/c1-4-8-19-12(11(20-3)9-18-19)10(17-5-2)6-7-13(14,15)16/h9-10,17H,4-8H2,1-3H3. The SMILES string of the molecule is CCCn1ncc(OC)c1C(CCC(F)(F)F)NCC. The van der Waals surface area contributed by atoms with Crippen LogP contribution >= 0.6 is 0 Å². The molecule has 0 saturated heterocycles. The molecule has 0 aromatic carbocycles. The molecule has 0 aliphatic rings. The number of nitrogens with one attached hydrogen (secondary N) is 1. The van der Waals surface area contributed by atoms with Crippen molar-refractivity contribution in [2.75, 3.05) is 13.7 Å². The Bertz CT molecular complexity index is 404. The molecule has 0 aliphatic carbocycles. The van der Waals surface area contributed by atoms with Gasteiger partial charge in [0.1, 0.15) is 0 Å². The van der Waals surface area contributed by atoms with Crippen LogP contribution in [0.2, 0.25) is 0 Å². The summed E-state index contributed by atoms with van der Waals surface area (Å²) in [6.45, 7) is 5.11. The van der Waals surface area contributed by atoms with Gasteiger partial charge in [-0.15, -0.1) is 0 Å². The van der Waals surface area contributed by atoms with Crippen molar-refractivity contribution < 1.29 is 17.9 Å². The quantitative estimate of drug-likeness (QED) is 0.799. The molecule has 0 aliphatic heterocycles. The smallest absolute Gasteiger partial charge is 0.389 e. The Balaban J connectivity index is 2.96. The summed E-state index contributed by atoms with van der Waals surface area (Å²) in [4.78, 5) is 0. The summed E-state index contributed by atoms with van der Waals surface area (Å²) in [5, 5.41) is 7.29. The van der Waals surface area contributed by atoms with Gasteiger partial charge in [0.25, 0.3) is 0 Å². The summed E-state index contributed by atoms with van der Waals surface area (Å²) in [6.07, 6.45) is -2.59. The molecule has 20 heavy (non-hydrogen) atoms.